The predicted molar refractivity (Wildman–Crippen MR) is 179 cm³/mol. The van der Waals surface area contributed by atoms with Crippen molar-refractivity contribution in [1.82, 2.24) is 25.4 Å². The molecule has 0 bridgehead atoms. The van der Waals surface area contributed by atoms with Crippen molar-refractivity contribution in [1.29, 1.82) is 0 Å². The molecule has 2 aromatic heterocycles. The molecule has 10 nitrogen and oxygen atoms in total. The zero-order valence-corrected chi connectivity index (χ0v) is 27.2. The number of hydrogen-bond acceptors (Lipinski definition) is 7. The van der Waals surface area contributed by atoms with Gasteiger partial charge in [-0.15, -0.1) is 11.3 Å². The highest BCUT2D eigenvalue weighted by molar-refractivity contribution is 7.09. The van der Waals surface area contributed by atoms with Crippen LogP contribution < -0.4 is 20.9 Å². The number of rotatable bonds is 9. The number of pyridine rings is 1. The largest absolute Gasteiger partial charge is 0.415 e. The van der Waals surface area contributed by atoms with Crippen LogP contribution in [-0.2, 0) is 16.1 Å². The number of para-hydroxylation sites is 1. The highest BCUT2D eigenvalue weighted by atomic mass is 32.1. The van der Waals surface area contributed by atoms with E-state index in [1.54, 1.807) is 34.4 Å². The summed E-state index contributed by atoms with van der Waals surface area (Å²) in [6, 6.07) is 11.3. The fourth-order valence-corrected chi connectivity index (χ4v) is 7.93. The maximum atomic E-state index is 14.5. The van der Waals surface area contributed by atoms with Crippen LogP contribution in [0.15, 0.2) is 52.6 Å². The number of piperazine rings is 1. The molecule has 3 aromatic rings. The van der Waals surface area contributed by atoms with Gasteiger partial charge in [0.15, 0.2) is 5.75 Å². The van der Waals surface area contributed by atoms with Crippen LogP contribution in [0.2, 0.25) is 0 Å². The van der Waals surface area contributed by atoms with Crippen LogP contribution in [-0.4, -0.2) is 70.5 Å². The number of ether oxygens (including phenoxy) is 1. The third kappa shape index (κ3) is 7.98. The van der Waals surface area contributed by atoms with Crippen LogP contribution in [0.25, 0.3) is 10.9 Å². The van der Waals surface area contributed by atoms with Crippen LogP contribution in [0.4, 0.5) is 4.79 Å². The summed E-state index contributed by atoms with van der Waals surface area (Å²) >= 11 is 1.56. The van der Waals surface area contributed by atoms with Gasteiger partial charge in [-0.25, -0.2) is 4.79 Å². The first-order valence-electron chi connectivity index (χ1n) is 16.9. The Morgan fingerprint density at radius 3 is 2.48 bits per heavy atom. The Kier molecular flexibility index (Phi) is 10.7. The van der Waals surface area contributed by atoms with Gasteiger partial charge in [0, 0.05) is 35.5 Å². The fraction of sp³-hybridized carbons (Fsp3) is 0.543. The molecule has 3 heterocycles. The van der Waals surface area contributed by atoms with Crippen molar-refractivity contribution in [3.63, 3.8) is 0 Å². The number of nitrogens with zero attached hydrogens (tertiary/aromatic N) is 2. The molecule has 3 aliphatic rings. The molecular formula is C35H45N5O5S. The average molecular weight is 648 g/mol. The zero-order valence-electron chi connectivity index (χ0n) is 26.4. The Morgan fingerprint density at radius 1 is 0.935 bits per heavy atom. The van der Waals surface area contributed by atoms with E-state index >= 15 is 0 Å². The second-order valence-corrected chi connectivity index (χ2v) is 14.0. The lowest BCUT2D eigenvalue weighted by Crippen LogP contribution is -2.64. The number of thiophene rings is 1. The molecule has 6 rings (SSSR count). The minimum absolute atomic E-state index is 0.0156. The van der Waals surface area contributed by atoms with Crippen molar-refractivity contribution in [2.24, 2.45) is 5.92 Å². The molecule has 1 saturated heterocycles. The summed E-state index contributed by atoms with van der Waals surface area (Å²) in [6.07, 6.45) is 11.8. The summed E-state index contributed by atoms with van der Waals surface area (Å²) in [7, 11) is 0. The number of aromatic amines is 1. The van der Waals surface area contributed by atoms with Crippen molar-refractivity contribution in [2.45, 2.75) is 95.3 Å². The monoisotopic (exact) mass is 647 g/mol. The van der Waals surface area contributed by atoms with E-state index in [-0.39, 0.29) is 48.8 Å². The molecular weight excluding hydrogens is 602 g/mol. The Bertz CT molecular complexity index is 1530. The van der Waals surface area contributed by atoms with Crippen LogP contribution in [0.5, 0.6) is 5.75 Å². The molecule has 1 aromatic carbocycles. The number of nitrogens with one attached hydrogen (secondary N) is 3. The molecule has 46 heavy (non-hydrogen) atoms. The summed E-state index contributed by atoms with van der Waals surface area (Å²) in [6.45, 7) is 0.835. The molecule has 2 saturated carbocycles. The highest BCUT2D eigenvalue weighted by Gasteiger charge is 2.41. The lowest BCUT2D eigenvalue weighted by molar-refractivity contribution is -0.145. The lowest BCUT2D eigenvalue weighted by Gasteiger charge is -2.42. The molecule has 3 amide bonds. The molecule has 0 radical (unpaired) electrons. The minimum atomic E-state index is -0.858. The van der Waals surface area contributed by atoms with Gasteiger partial charge < -0.3 is 30.2 Å². The second-order valence-electron chi connectivity index (χ2n) is 13.0. The average Bonchev–Trinajstić information content (AvgIpc) is 3.61. The van der Waals surface area contributed by atoms with E-state index in [0.717, 1.165) is 42.4 Å². The highest BCUT2D eigenvalue weighted by Crippen LogP contribution is 2.30. The molecule has 3 fully saturated rings. The topological polar surface area (TPSA) is 124 Å². The number of H-pyrrole nitrogens is 1. The molecule has 3 N–H and O–H groups in total. The van der Waals surface area contributed by atoms with Gasteiger partial charge in [-0.3, -0.25) is 14.4 Å². The number of hydrogen-bond donors (Lipinski definition) is 3. The Morgan fingerprint density at radius 2 is 1.72 bits per heavy atom. The molecule has 2 aliphatic carbocycles. The first kappa shape index (κ1) is 32.2. The van der Waals surface area contributed by atoms with Gasteiger partial charge in [-0.1, -0.05) is 69.6 Å². The Balaban J connectivity index is 1.21. The van der Waals surface area contributed by atoms with Crippen LogP contribution in [0.1, 0.15) is 75.5 Å². The van der Waals surface area contributed by atoms with Crippen LogP contribution in [0.3, 0.4) is 0 Å². The van der Waals surface area contributed by atoms with Crippen LogP contribution >= 0.6 is 11.3 Å². The quantitative estimate of drug-likeness (QED) is 0.294. The lowest BCUT2D eigenvalue weighted by atomic mass is 9.83. The predicted octanol–water partition coefficient (Wildman–Crippen LogP) is 5.18. The van der Waals surface area contributed by atoms with Crippen molar-refractivity contribution >= 4 is 40.1 Å². The van der Waals surface area contributed by atoms with Crippen molar-refractivity contribution < 1.29 is 19.1 Å². The molecule has 1 aliphatic heterocycles. The van der Waals surface area contributed by atoms with Gasteiger partial charge in [0.25, 0.3) is 0 Å². The molecule has 2 atom stereocenters. The normalized spacial score (nSPS) is 20.4. The van der Waals surface area contributed by atoms with Gasteiger partial charge in [0.2, 0.25) is 17.4 Å². The van der Waals surface area contributed by atoms with Crippen molar-refractivity contribution in [3.05, 3.63) is 63.1 Å². The van der Waals surface area contributed by atoms with E-state index < -0.39 is 12.1 Å². The summed E-state index contributed by atoms with van der Waals surface area (Å²) in [5, 5.41) is 9.46. The maximum absolute atomic E-state index is 14.5. The van der Waals surface area contributed by atoms with Crippen molar-refractivity contribution in [2.75, 3.05) is 19.6 Å². The van der Waals surface area contributed by atoms with Gasteiger partial charge in [-0.05, 0) is 48.8 Å². The van der Waals surface area contributed by atoms with Gasteiger partial charge >= 0.3 is 6.09 Å². The molecule has 0 spiro atoms. The summed E-state index contributed by atoms with van der Waals surface area (Å²) in [5.41, 5.74) is 0.136. The first-order valence-corrected chi connectivity index (χ1v) is 17.8. The molecule has 246 valence electrons. The third-order valence-electron chi connectivity index (χ3n) is 9.79. The number of carbonyl (C=O) groups excluding carboxylic acids is 3. The Hall–Kier alpha value is -3.70. The van der Waals surface area contributed by atoms with Gasteiger partial charge in [-0.2, -0.15) is 0 Å². The summed E-state index contributed by atoms with van der Waals surface area (Å²) in [5.74, 6) is 0.393. The van der Waals surface area contributed by atoms with E-state index in [2.05, 4.69) is 15.6 Å². The molecule has 11 heteroatoms. The van der Waals surface area contributed by atoms with Gasteiger partial charge in [0.05, 0.1) is 24.6 Å². The number of fused-ring (bicyclic) bond motifs is 1. The minimum Gasteiger partial charge on any atom is -0.408 e. The SMILES string of the molecule is O=C(NCc1cccs1)[C@@H]1CN(C(=O)Oc2cccc3ccc(=O)[nH]c23)CCN1C(=O)[C@@H](CC1CCCCC1)NC1CCCCC1. The van der Waals surface area contributed by atoms with E-state index in [1.165, 1.54) is 49.5 Å². The van der Waals surface area contributed by atoms with E-state index in [0.29, 0.717) is 24.0 Å². The first-order chi connectivity index (χ1) is 22.4. The number of aromatic nitrogens is 1. The number of carbonyl (C=O) groups is 3. The third-order valence-corrected chi connectivity index (χ3v) is 10.7. The summed E-state index contributed by atoms with van der Waals surface area (Å²) in [4.78, 5) is 60.7. The molecule has 0 unspecified atom stereocenters. The Labute approximate surface area is 273 Å². The van der Waals surface area contributed by atoms with Gasteiger partial charge in [0.1, 0.15) is 6.04 Å². The summed E-state index contributed by atoms with van der Waals surface area (Å²) < 4.78 is 5.78. The number of amides is 3. The standard InChI is InChI=1S/C35H45N5O5S/c41-31-17-16-25-11-7-15-30(32(25)38-31)45-35(44)39-18-19-40(29(23-39)33(42)36-22-27-14-8-20-46-27)34(43)28(21-24-9-3-1-4-10-24)37-26-12-5-2-6-13-26/h7-8,11,14-17,20,24,26,28-29,37H,1-6,9-10,12-13,18-19,21-23H2,(H,36,42)(H,38,41)/t28-,29+/m1/s1. The van der Waals surface area contributed by atoms with E-state index in [1.807, 2.05) is 23.6 Å². The van der Waals surface area contributed by atoms with Crippen molar-refractivity contribution in [3.8, 4) is 5.75 Å². The zero-order chi connectivity index (χ0) is 31.9. The fourth-order valence-electron chi connectivity index (χ4n) is 7.29. The number of benzene rings is 1. The van der Waals surface area contributed by atoms with Crippen LogP contribution in [0, 0.1) is 5.92 Å². The maximum Gasteiger partial charge on any atom is 0.415 e. The second kappa shape index (κ2) is 15.3. The van der Waals surface area contributed by atoms with E-state index in [4.69, 9.17) is 4.74 Å². The van der Waals surface area contributed by atoms with E-state index in [9.17, 15) is 19.2 Å². The smallest absolute Gasteiger partial charge is 0.408 e.